The van der Waals surface area contributed by atoms with E-state index in [2.05, 4.69) is 35.2 Å². The molecule has 0 aliphatic carbocycles. The Morgan fingerprint density at radius 3 is 2.48 bits per heavy atom. The number of carbonyl (C=O) groups excluding carboxylic acids is 1. The Hall–Kier alpha value is -2.07. The standard InChI is InChI=1S/C21H26N2O2/c1-16-8-9-18(25-16)15-23-12-10-21(11-13-23)19(14-20(24)22(21)2)17-6-4-3-5-7-17/h3-9,19H,10-15H2,1-2H3/t19-/m1/s1. The first-order valence-corrected chi connectivity index (χ1v) is 9.18. The first kappa shape index (κ1) is 16.4. The summed E-state index contributed by atoms with van der Waals surface area (Å²) >= 11 is 0. The molecule has 1 aromatic heterocycles. The molecule has 2 saturated heterocycles. The van der Waals surface area contributed by atoms with Gasteiger partial charge in [-0.05, 0) is 37.5 Å². The van der Waals surface area contributed by atoms with E-state index in [0.717, 1.165) is 44.0 Å². The van der Waals surface area contributed by atoms with Crippen LogP contribution in [0.3, 0.4) is 0 Å². The van der Waals surface area contributed by atoms with Gasteiger partial charge in [0, 0.05) is 32.5 Å². The van der Waals surface area contributed by atoms with Gasteiger partial charge in [0.2, 0.25) is 5.91 Å². The zero-order valence-corrected chi connectivity index (χ0v) is 15.1. The molecule has 4 rings (SSSR count). The molecular formula is C21H26N2O2. The van der Waals surface area contributed by atoms with Gasteiger partial charge in [-0.2, -0.15) is 0 Å². The minimum Gasteiger partial charge on any atom is -0.465 e. The smallest absolute Gasteiger partial charge is 0.223 e. The summed E-state index contributed by atoms with van der Waals surface area (Å²) in [5.74, 6) is 2.58. The van der Waals surface area contributed by atoms with Crippen molar-refractivity contribution in [1.29, 1.82) is 0 Å². The average molecular weight is 338 g/mol. The molecule has 0 bridgehead atoms. The van der Waals surface area contributed by atoms with Crippen molar-refractivity contribution in [3.05, 3.63) is 59.5 Å². The number of rotatable bonds is 3. The van der Waals surface area contributed by atoms with Crippen LogP contribution in [0, 0.1) is 6.92 Å². The summed E-state index contributed by atoms with van der Waals surface area (Å²) in [6.07, 6.45) is 2.68. The molecule has 25 heavy (non-hydrogen) atoms. The third kappa shape index (κ3) is 2.89. The number of hydrogen-bond acceptors (Lipinski definition) is 3. The van der Waals surface area contributed by atoms with Crippen LogP contribution in [0.1, 0.15) is 42.3 Å². The number of likely N-dealkylation sites (N-methyl/N-ethyl adjacent to an activating group) is 1. The highest BCUT2D eigenvalue weighted by Gasteiger charge is 2.52. The number of aryl methyl sites for hydroxylation is 1. The molecule has 2 aliphatic heterocycles. The molecule has 132 valence electrons. The highest BCUT2D eigenvalue weighted by Crippen LogP contribution is 2.48. The fourth-order valence-corrected chi connectivity index (χ4v) is 4.67. The lowest BCUT2D eigenvalue weighted by molar-refractivity contribution is -0.130. The van der Waals surface area contributed by atoms with Crippen molar-refractivity contribution in [2.75, 3.05) is 20.1 Å². The van der Waals surface area contributed by atoms with Crippen LogP contribution in [0.5, 0.6) is 0 Å². The van der Waals surface area contributed by atoms with E-state index in [4.69, 9.17) is 4.42 Å². The fourth-order valence-electron chi connectivity index (χ4n) is 4.67. The average Bonchev–Trinajstić information content (AvgIpc) is 3.14. The van der Waals surface area contributed by atoms with Crippen molar-refractivity contribution in [1.82, 2.24) is 9.80 Å². The van der Waals surface area contributed by atoms with E-state index in [-0.39, 0.29) is 11.4 Å². The van der Waals surface area contributed by atoms with Crippen LogP contribution in [-0.4, -0.2) is 41.4 Å². The van der Waals surface area contributed by atoms with Crippen molar-refractivity contribution in [2.45, 2.75) is 44.2 Å². The molecule has 0 radical (unpaired) electrons. The normalized spacial score (nSPS) is 23.5. The zero-order chi connectivity index (χ0) is 17.4. The summed E-state index contributed by atoms with van der Waals surface area (Å²) in [5.41, 5.74) is 1.27. The molecule has 1 spiro atoms. The third-order valence-electron chi connectivity index (χ3n) is 6.17. The van der Waals surface area contributed by atoms with Gasteiger partial charge < -0.3 is 9.32 Å². The maximum atomic E-state index is 12.5. The van der Waals surface area contributed by atoms with Gasteiger partial charge in [-0.25, -0.2) is 0 Å². The molecule has 3 heterocycles. The van der Waals surface area contributed by atoms with Gasteiger partial charge in [-0.1, -0.05) is 30.3 Å². The lowest BCUT2D eigenvalue weighted by Crippen LogP contribution is -2.53. The molecule has 0 N–H and O–H groups in total. The molecule has 0 saturated carbocycles. The second-order valence-corrected chi connectivity index (χ2v) is 7.51. The molecule has 1 amide bonds. The number of piperidine rings is 1. The lowest BCUT2D eigenvalue weighted by Gasteiger charge is -2.46. The maximum absolute atomic E-state index is 12.5. The molecule has 1 atom stereocenters. The lowest BCUT2D eigenvalue weighted by atomic mass is 9.74. The quantitative estimate of drug-likeness (QED) is 0.858. The SMILES string of the molecule is Cc1ccc(CN2CCC3(CC2)[C@@H](c2ccccc2)CC(=O)N3C)o1. The van der Waals surface area contributed by atoms with Crippen LogP contribution in [0.4, 0.5) is 0 Å². The third-order valence-corrected chi connectivity index (χ3v) is 6.17. The number of carbonyl (C=O) groups is 1. The maximum Gasteiger partial charge on any atom is 0.223 e. The van der Waals surface area contributed by atoms with Gasteiger partial charge in [0.1, 0.15) is 11.5 Å². The van der Waals surface area contributed by atoms with E-state index in [1.54, 1.807) is 0 Å². The Morgan fingerprint density at radius 2 is 1.84 bits per heavy atom. The van der Waals surface area contributed by atoms with Crippen LogP contribution in [-0.2, 0) is 11.3 Å². The second-order valence-electron chi connectivity index (χ2n) is 7.51. The van der Waals surface area contributed by atoms with Gasteiger partial charge in [-0.3, -0.25) is 9.69 Å². The number of nitrogens with zero attached hydrogens (tertiary/aromatic N) is 2. The second kappa shape index (κ2) is 6.34. The summed E-state index contributed by atoms with van der Waals surface area (Å²) < 4.78 is 5.73. The molecule has 4 nitrogen and oxygen atoms in total. The number of amides is 1. The Labute approximate surface area is 149 Å². The minimum atomic E-state index is -0.0337. The van der Waals surface area contributed by atoms with Crippen molar-refractivity contribution < 1.29 is 9.21 Å². The largest absolute Gasteiger partial charge is 0.465 e. The molecule has 0 unspecified atom stereocenters. The first-order chi connectivity index (χ1) is 12.1. The molecule has 1 aromatic carbocycles. The number of hydrogen-bond donors (Lipinski definition) is 0. The predicted octanol–water partition coefficient (Wildman–Crippen LogP) is 3.57. The number of likely N-dealkylation sites (tertiary alicyclic amines) is 2. The highest BCUT2D eigenvalue weighted by molar-refractivity contribution is 5.81. The highest BCUT2D eigenvalue weighted by atomic mass is 16.3. The molecule has 2 aliphatic rings. The summed E-state index contributed by atoms with van der Waals surface area (Å²) in [6, 6.07) is 14.7. The van der Waals surface area contributed by atoms with Crippen LogP contribution in [0.2, 0.25) is 0 Å². The van der Waals surface area contributed by atoms with Crippen LogP contribution in [0.25, 0.3) is 0 Å². The van der Waals surface area contributed by atoms with E-state index >= 15 is 0 Å². The summed E-state index contributed by atoms with van der Waals surface area (Å²) in [7, 11) is 2.00. The molecule has 4 heteroatoms. The van der Waals surface area contributed by atoms with Crippen molar-refractivity contribution >= 4 is 5.91 Å². The Balaban J connectivity index is 1.51. The van der Waals surface area contributed by atoms with Gasteiger partial charge in [0.15, 0.2) is 0 Å². The van der Waals surface area contributed by atoms with Crippen molar-refractivity contribution in [2.24, 2.45) is 0 Å². The summed E-state index contributed by atoms with van der Waals surface area (Å²) in [5, 5.41) is 0. The number of furan rings is 1. The first-order valence-electron chi connectivity index (χ1n) is 9.18. The summed E-state index contributed by atoms with van der Waals surface area (Å²) in [6.45, 7) is 4.84. The Morgan fingerprint density at radius 1 is 1.12 bits per heavy atom. The topological polar surface area (TPSA) is 36.7 Å². The molecular weight excluding hydrogens is 312 g/mol. The predicted molar refractivity (Wildman–Crippen MR) is 97.3 cm³/mol. The zero-order valence-electron chi connectivity index (χ0n) is 15.1. The minimum absolute atomic E-state index is 0.0337. The van der Waals surface area contributed by atoms with E-state index in [0.29, 0.717) is 12.3 Å². The van der Waals surface area contributed by atoms with Crippen LogP contribution in [0.15, 0.2) is 46.9 Å². The summed E-state index contributed by atoms with van der Waals surface area (Å²) in [4.78, 5) is 17.0. The van der Waals surface area contributed by atoms with Crippen molar-refractivity contribution in [3.63, 3.8) is 0 Å². The van der Waals surface area contributed by atoms with Gasteiger partial charge in [-0.15, -0.1) is 0 Å². The molecule has 2 fully saturated rings. The van der Waals surface area contributed by atoms with E-state index in [9.17, 15) is 4.79 Å². The Bertz CT molecular complexity index is 744. The Kier molecular flexibility index (Phi) is 4.16. The van der Waals surface area contributed by atoms with E-state index < -0.39 is 0 Å². The van der Waals surface area contributed by atoms with Gasteiger partial charge >= 0.3 is 0 Å². The fraction of sp³-hybridized carbons (Fsp3) is 0.476. The van der Waals surface area contributed by atoms with Crippen LogP contribution >= 0.6 is 0 Å². The van der Waals surface area contributed by atoms with Crippen LogP contribution < -0.4 is 0 Å². The van der Waals surface area contributed by atoms with Crippen molar-refractivity contribution in [3.8, 4) is 0 Å². The van der Waals surface area contributed by atoms with Gasteiger partial charge in [0.05, 0.1) is 12.1 Å². The van der Waals surface area contributed by atoms with E-state index in [1.165, 1.54) is 5.56 Å². The van der Waals surface area contributed by atoms with E-state index in [1.807, 2.05) is 31.0 Å². The molecule has 2 aromatic rings. The number of benzene rings is 1. The monoisotopic (exact) mass is 338 g/mol. The van der Waals surface area contributed by atoms with Gasteiger partial charge in [0.25, 0.3) is 0 Å².